The van der Waals surface area contributed by atoms with Crippen molar-refractivity contribution in [1.29, 1.82) is 5.41 Å². The van der Waals surface area contributed by atoms with Crippen LogP contribution in [0.15, 0.2) is 0 Å². The second kappa shape index (κ2) is 5.71. The van der Waals surface area contributed by atoms with Gasteiger partial charge in [0.15, 0.2) is 5.96 Å². The van der Waals surface area contributed by atoms with Crippen LogP contribution in [0.2, 0.25) is 0 Å². The van der Waals surface area contributed by atoms with Crippen molar-refractivity contribution in [2.75, 3.05) is 0 Å². The summed E-state index contributed by atoms with van der Waals surface area (Å²) in [6.45, 7) is 5.29. The maximum Gasteiger partial charge on any atom is 0.408 e. The largest absolute Gasteiger partial charge is 0.444 e. The Bertz CT molecular complexity index is 453. The van der Waals surface area contributed by atoms with Crippen LogP contribution in [0.5, 0.6) is 0 Å². The molecule has 7 nitrogen and oxygen atoms in total. The molecule has 2 amide bonds. The minimum atomic E-state index is -0.934. The quantitative estimate of drug-likeness (QED) is 0.539. The number of halogens is 1. The van der Waals surface area contributed by atoms with Gasteiger partial charge in [-0.3, -0.25) is 15.1 Å². The minimum absolute atomic E-state index is 0. The Balaban J connectivity index is 0.00000220. The van der Waals surface area contributed by atoms with E-state index in [1.165, 1.54) is 4.90 Å². The number of nitrogens with zero attached hydrogens (tertiary/aromatic N) is 1. The molecule has 0 atom stereocenters. The highest BCUT2D eigenvalue weighted by Crippen LogP contribution is 2.40. The lowest BCUT2D eigenvalue weighted by Gasteiger charge is -2.27. The fourth-order valence-electron chi connectivity index (χ4n) is 2.05. The number of carbonyl (C=O) groups excluding carboxylic acids is 2. The Morgan fingerprint density at radius 2 is 1.86 bits per heavy atom. The number of alkyl carbamates (subject to hydrolysis) is 1. The third-order valence-corrected chi connectivity index (χ3v) is 3.29. The summed E-state index contributed by atoms with van der Waals surface area (Å²) in [6, 6.07) is 0.0120. The van der Waals surface area contributed by atoms with Crippen molar-refractivity contribution >= 4 is 30.4 Å². The monoisotopic (exact) mass is 318 g/mol. The molecule has 0 radical (unpaired) electrons. The van der Waals surface area contributed by atoms with Crippen LogP contribution in [0.4, 0.5) is 4.79 Å². The molecule has 0 saturated heterocycles. The Morgan fingerprint density at radius 1 is 1.33 bits per heavy atom. The van der Waals surface area contributed by atoms with E-state index in [9.17, 15) is 9.59 Å². The van der Waals surface area contributed by atoms with Gasteiger partial charge in [0.2, 0.25) is 0 Å². The summed E-state index contributed by atoms with van der Waals surface area (Å²) in [5, 5.41) is 10.2. The van der Waals surface area contributed by atoms with Crippen LogP contribution in [0.25, 0.3) is 0 Å². The second-order valence-electron chi connectivity index (χ2n) is 6.50. The van der Waals surface area contributed by atoms with E-state index in [0.717, 1.165) is 12.8 Å². The highest BCUT2D eigenvalue weighted by atomic mass is 35.5. The molecule has 0 aromatic heterocycles. The normalized spacial score (nSPS) is 19.0. The highest BCUT2D eigenvalue weighted by Gasteiger charge is 2.56. The first-order chi connectivity index (χ1) is 9.15. The highest BCUT2D eigenvalue weighted by molar-refractivity contribution is 6.03. The first-order valence-electron chi connectivity index (χ1n) is 6.83. The smallest absolute Gasteiger partial charge is 0.408 e. The van der Waals surface area contributed by atoms with Crippen molar-refractivity contribution in [3.63, 3.8) is 0 Å². The summed E-state index contributed by atoms with van der Waals surface area (Å²) in [6.07, 6.45) is 2.22. The molecule has 0 bridgehead atoms. The van der Waals surface area contributed by atoms with Crippen molar-refractivity contribution in [1.82, 2.24) is 10.2 Å². The van der Waals surface area contributed by atoms with E-state index in [-0.39, 0.29) is 30.3 Å². The minimum Gasteiger partial charge on any atom is -0.444 e. The van der Waals surface area contributed by atoms with Gasteiger partial charge in [0, 0.05) is 6.04 Å². The molecule has 8 heteroatoms. The second-order valence-corrected chi connectivity index (χ2v) is 6.50. The van der Waals surface area contributed by atoms with Gasteiger partial charge in [-0.05, 0) is 46.5 Å². The lowest BCUT2D eigenvalue weighted by molar-refractivity contribution is -0.131. The number of ether oxygens (including phenoxy) is 1. The van der Waals surface area contributed by atoms with Crippen molar-refractivity contribution in [3.05, 3.63) is 0 Å². The van der Waals surface area contributed by atoms with Crippen molar-refractivity contribution < 1.29 is 14.3 Å². The fraction of sp³-hybridized carbons (Fsp3) is 0.769. The number of nitrogens with two attached hydrogens (primary N) is 1. The predicted octanol–water partition coefficient (Wildman–Crippen LogP) is 1.35. The summed E-state index contributed by atoms with van der Waals surface area (Å²) in [4.78, 5) is 25.6. The summed E-state index contributed by atoms with van der Waals surface area (Å²) < 4.78 is 5.17. The van der Waals surface area contributed by atoms with Crippen LogP contribution in [-0.4, -0.2) is 40.0 Å². The number of amides is 2. The lowest BCUT2D eigenvalue weighted by Crippen LogP contribution is -2.55. The van der Waals surface area contributed by atoms with Crippen molar-refractivity contribution in [2.45, 2.75) is 63.6 Å². The predicted molar refractivity (Wildman–Crippen MR) is 80.4 cm³/mol. The number of nitrogens with one attached hydrogen (secondary N) is 2. The van der Waals surface area contributed by atoms with Crippen LogP contribution in [0.1, 0.15) is 46.5 Å². The molecule has 4 N–H and O–H groups in total. The van der Waals surface area contributed by atoms with Gasteiger partial charge in [0.1, 0.15) is 11.1 Å². The standard InChI is InChI=1S/C13H22N4O3.ClH/c1-12(2,3)20-11(19)16-13(6-7-13)9(18)17(10(14)15)8-4-5-8;/h8H,4-7H2,1-3H3,(H3,14,15)(H,16,19);1H. The Morgan fingerprint density at radius 3 is 2.19 bits per heavy atom. The van der Waals surface area contributed by atoms with Crippen molar-refractivity contribution in [3.8, 4) is 0 Å². The molecule has 2 saturated carbocycles. The van der Waals surface area contributed by atoms with E-state index in [1.807, 2.05) is 0 Å². The van der Waals surface area contributed by atoms with E-state index in [1.54, 1.807) is 20.8 Å². The lowest BCUT2D eigenvalue weighted by atomic mass is 10.2. The number of hydrogen-bond donors (Lipinski definition) is 3. The molecule has 2 fully saturated rings. The molecule has 2 aliphatic carbocycles. The molecular formula is C13H23ClN4O3. The topological polar surface area (TPSA) is 109 Å². The van der Waals surface area contributed by atoms with Gasteiger partial charge in [0.25, 0.3) is 5.91 Å². The Labute approximate surface area is 130 Å². The zero-order valence-corrected chi connectivity index (χ0v) is 13.4. The van der Waals surface area contributed by atoms with Gasteiger partial charge in [-0.15, -0.1) is 12.4 Å². The van der Waals surface area contributed by atoms with E-state index in [4.69, 9.17) is 15.9 Å². The molecule has 21 heavy (non-hydrogen) atoms. The molecule has 120 valence electrons. The first-order valence-corrected chi connectivity index (χ1v) is 6.83. The van der Waals surface area contributed by atoms with Crippen LogP contribution in [0, 0.1) is 5.41 Å². The van der Waals surface area contributed by atoms with E-state index in [0.29, 0.717) is 12.8 Å². The van der Waals surface area contributed by atoms with Crippen LogP contribution in [0.3, 0.4) is 0 Å². The molecule has 0 aromatic carbocycles. The van der Waals surface area contributed by atoms with Gasteiger partial charge in [0.05, 0.1) is 0 Å². The van der Waals surface area contributed by atoms with Crippen LogP contribution >= 0.6 is 12.4 Å². The number of carbonyl (C=O) groups is 2. The molecule has 0 aliphatic heterocycles. The third-order valence-electron chi connectivity index (χ3n) is 3.29. The molecule has 0 spiro atoms. The Kier molecular flexibility index (Phi) is 4.77. The zero-order chi connectivity index (χ0) is 15.1. The first kappa shape index (κ1) is 17.6. The van der Waals surface area contributed by atoms with Crippen LogP contribution < -0.4 is 11.1 Å². The van der Waals surface area contributed by atoms with Gasteiger partial charge >= 0.3 is 6.09 Å². The van der Waals surface area contributed by atoms with Crippen molar-refractivity contribution in [2.24, 2.45) is 5.73 Å². The van der Waals surface area contributed by atoms with Gasteiger partial charge < -0.3 is 15.8 Å². The van der Waals surface area contributed by atoms with E-state index < -0.39 is 17.2 Å². The molecule has 2 aliphatic rings. The third kappa shape index (κ3) is 4.23. The molecule has 0 heterocycles. The molecule has 0 unspecified atom stereocenters. The summed E-state index contributed by atoms with van der Waals surface area (Å²) in [5.41, 5.74) is 3.93. The maximum atomic E-state index is 12.5. The van der Waals surface area contributed by atoms with Crippen LogP contribution in [-0.2, 0) is 9.53 Å². The number of hydrogen-bond acceptors (Lipinski definition) is 4. The number of guanidine groups is 1. The molecule has 2 rings (SSSR count). The molecular weight excluding hydrogens is 296 g/mol. The van der Waals surface area contributed by atoms with Gasteiger partial charge in [-0.25, -0.2) is 4.79 Å². The Hall–Kier alpha value is -1.50. The van der Waals surface area contributed by atoms with Gasteiger partial charge in [-0.1, -0.05) is 0 Å². The van der Waals surface area contributed by atoms with E-state index >= 15 is 0 Å². The van der Waals surface area contributed by atoms with Gasteiger partial charge in [-0.2, -0.15) is 0 Å². The average Bonchev–Trinajstić information content (AvgIpc) is 3.08. The maximum absolute atomic E-state index is 12.5. The van der Waals surface area contributed by atoms with E-state index in [2.05, 4.69) is 5.32 Å². The summed E-state index contributed by atoms with van der Waals surface area (Å²) in [7, 11) is 0. The molecule has 0 aromatic rings. The zero-order valence-electron chi connectivity index (χ0n) is 12.6. The fourth-order valence-corrected chi connectivity index (χ4v) is 2.05. The number of rotatable bonds is 3. The summed E-state index contributed by atoms with van der Waals surface area (Å²) in [5.74, 6) is -0.548. The SMILES string of the molecule is CC(C)(C)OC(=O)NC1(C(=O)N(C(=N)N)C2CC2)CC1.Cl. The average molecular weight is 319 g/mol. The summed E-state index contributed by atoms with van der Waals surface area (Å²) >= 11 is 0.